The number of hydrogen-bond acceptors (Lipinski definition) is 6. The standard InChI is InChI=1S/C23H29N3O3S/c1-5-25(6-2)15-16-26(22(27)17-11-13-18(14-12-17)29-7-3)23-24-21-19(28-4)9-8-10-20(21)30-23/h8-14H,5-7,15-16H2,1-4H3. The minimum absolute atomic E-state index is 0.0665. The third-order valence-corrected chi connectivity index (χ3v) is 6.06. The van der Waals surface area contributed by atoms with Gasteiger partial charge in [-0.05, 0) is 56.4 Å². The number of benzene rings is 2. The minimum atomic E-state index is -0.0665. The molecule has 0 saturated carbocycles. The number of methoxy groups -OCH3 is 1. The maximum atomic E-state index is 13.4. The van der Waals surface area contributed by atoms with Crippen LogP contribution in [0.1, 0.15) is 31.1 Å². The fourth-order valence-electron chi connectivity index (χ4n) is 3.27. The van der Waals surface area contributed by atoms with Gasteiger partial charge >= 0.3 is 0 Å². The summed E-state index contributed by atoms with van der Waals surface area (Å²) in [6, 6.07) is 13.1. The maximum Gasteiger partial charge on any atom is 0.260 e. The molecule has 0 fully saturated rings. The van der Waals surface area contributed by atoms with E-state index >= 15 is 0 Å². The average molecular weight is 428 g/mol. The number of para-hydroxylation sites is 1. The lowest BCUT2D eigenvalue weighted by Gasteiger charge is -2.24. The molecule has 0 N–H and O–H groups in total. The van der Waals surface area contributed by atoms with Crippen molar-refractivity contribution in [2.24, 2.45) is 0 Å². The number of thiazole rings is 1. The number of ether oxygens (including phenoxy) is 2. The number of fused-ring (bicyclic) bond motifs is 1. The highest BCUT2D eigenvalue weighted by Crippen LogP contribution is 2.34. The van der Waals surface area contributed by atoms with Crippen molar-refractivity contribution in [2.45, 2.75) is 20.8 Å². The Kier molecular flexibility index (Phi) is 7.65. The van der Waals surface area contributed by atoms with E-state index in [9.17, 15) is 4.79 Å². The number of hydrogen-bond donors (Lipinski definition) is 0. The van der Waals surface area contributed by atoms with E-state index in [-0.39, 0.29) is 5.91 Å². The van der Waals surface area contributed by atoms with Crippen LogP contribution < -0.4 is 14.4 Å². The molecule has 0 radical (unpaired) electrons. The van der Waals surface area contributed by atoms with Crippen molar-refractivity contribution < 1.29 is 14.3 Å². The van der Waals surface area contributed by atoms with Gasteiger partial charge in [0.1, 0.15) is 17.0 Å². The van der Waals surface area contributed by atoms with Crippen molar-refractivity contribution in [3.05, 3.63) is 48.0 Å². The van der Waals surface area contributed by atoms with Crippen LogP contribution in [-0.2, 0) is 0 Å². The van der Waals surface area contributed by atoms with E-state index in [0.29, 0.717) is 29.6 Å². The quantitative estimate of drug-likeness (QED) is 0.470. The van der Waals surface area contributed by atoms with Gasteiger partial charge in [-0.25, -0.2) is 4.98 Å². The molecule has 2 aromatic carbocycles. The van der Waals surface area contributed by atoms with Gasteiger partial charge in [-0.1, -0.05) is 31.3 Å². The highest BCUT2D eigenvalue weighted by molar-refractivity contribution is 7.22. The van der Waals surface area contributed by atoms with E-state index in [4.69, 9.17) is 14.5 Å². The Hall–Kier alpha value is -2.64. The summed E-state index contributed by atoms with van der Waals surface area (Å²) in [5, 5.41) is 0.681. The number of aromatic nitrogens is 1. The number of carbonyl (C=O) groups is 1. The normalized spacial score (nSPS) is 11.1. The Bertz CT molecular complexity index is 967. The van der Waals surface area contributed by atoms with Crippen molar-refractivity contribution in [1.29, 1.82) is 0 Å². The molecule has 0 atom stereocenters. The topological polar surface area (TPSA) is 54.9 Å². The SMILES string of the molecule is CCOc1ccc(C(=O)N(CCN(CC)CC)c2nc3c(OC)cccc3s2)cc1. The van der Waals surface area contributed by atoms with Crippen LogP contribution in [-0.4, -0.2) is 55.7 Å². The number of rotatable bonds is 10. The van der Waals surface area contributed by atoms with E-state index in [1.807, 2.05) is 49.4 Å². The molecular formula is C23H29N3O3S. The number of amides is 1. The van der Waals surface area contributed by atoms with Gasteiger partial charge in [0.2, 0.25) is 0 Å². The second-order valence-corrected chi connectivity index (χ2v) is 7.75. The molecule has 0 aliphatic rings. The highest BCUT2D eigenvalue weighted by atomic mass is 32.1. The summed E-state index contributed by atoms with van der Waals surface area (Å²) < 4.78 is 12.0. The monoisotopic (exact) mass is 427 g/mol. The number of nitrogens with zero attached hydrogens (tertiary/aromatic N) is 3. The molecule has 7 heteroatoms. The molecule has 6 nitrogen and oxygen atoms in total. The van der Waals surface area contributed by atoms with Gasteiger partial charge in [0.25, 0.3) is 5.91 Å². The van der Waals surface area contributed by atoms with Crippen LogP contribution in [0.15, 0.2) is 42.5 Å². The molecule has 160 valence electrons. The lowest BCUT2D eigenvalue weighted by molar-refractivity contribution is 0.0983. The Morgan fingerprint density at radius 3 is 2.40 bits per heavy atom. The molecule has 30 heavy (non-hydrogen) atoms. The zero-order valence-corrected chi connectivity index (χ0v) is 18.9. The average Bonchev–Trinajstić information content (AvgIpc) is 3.21. The number of carbonyl (C=O) groups excluding carboxylic acids is 1. The maximum absolute atomic E-state index is 13.4. The van der Waals surface area contributed by atoms with Crippen LogP contribution in [0.25, 0.3) is 10.2 Å². The molecule has 1 amide bonds. The lowest BCUT2D eigenvalue weighted by Crippen LogP contribution is -2.38. The van der Waals surface area contributed by atoms with E-state index in [2.05, 4.69) is 18.7 Å². The highest BCUT2D eigenvalue weighted by Gasteiger charge is 2.23. The van der Waals surface area contributed by atoms with E-state index in [1.54, 1.807) is 12.0 Å². The van der Waals surface area contributed by atoms with Crippen LogP contribution in [0.4, 0.5) is 5.13 Å². The van der Waals surface area contributed by atoms with Gasteiger partial charge in [0.05, 0.1) is 18.4 Å². The molecule has 3 rings (SSSR count). The minimum Gasteiger partial charge on any atom is -0.494 e. The van der Waals surface area contributed by atoms with Gasteiger partial charge in [-0.3, -0.25) is 9.69 Å². The first-order valence-corrected chi connectivity index (χ1v) is 11.1. The molecule has 3 aromatic rings. The van der Waals surface area contributed by atoms with Crippen LogP contribution in [0, 0.1) is 0 Å². The fraction of sp³-hybridized carbons (Fsp3) is 0.391. The zero-order chi connectivity index (χ0) is 21.5. The fourth-order valence-corrected chi connectivity index (χ4v) is 4.28. The van der Waals surface area contributed by atoms with Crippen molar-refractivity contribution >= 4 is 32.6 Å². The second kappa shape index (κ2) is 10.4. The predicted molar refractivity (Wildman–Crippen MR) is 123 cm³/mol. The number of anilines is 1. The summed E-state index contributed by atoms with van der Waals surface area (Å²) in [7, 11) is 1.64. The molecular weight excluding hydrogens is 398 g/mol. The van der Waals surface area contributed by atoms with Gasteiger partial charge in [-0.15, -0.1) is 0 Å². The summed E-state index contributed by atoms with van der Waals surface area (Å²) in [6.07, 6.45) is 0. The summed E-state index contributed by atoms with van der Waals surface area (Å²) in [5.41, 5.74) is 1.40. The van der Waals surface area contributed by atoms with Crippen LogP contribution >= 0.6 is 11.3 Å². The molecule has 0 bridgehead atoms. The van der Waals surface area contributed by atoms with Crippen LogP contribution in [0.5, 0.6) is 11.5 Å². The smallest absolute Gasteiger partial charge is 0.260 e. The van der Waals surface area contributed by atoms with Gasteiger partial charge < -0.3 is 14.4 Å². The van der Waals surface area contributed by atoms with Crippen LogP contribution in [0.2, 0.25) is 0 Å². The Balaban J connectivity index is 1.94. The molecule has 0 saturated heterocycles. The molecule has 0 aliphatic heterocycles. The first-order chi connectivity index (χ1) is 14.6. The molecule has 1 aromatic heterocycles. The lowest BCUT2D eigenvalue weighted by atomic mass is 10.2. The predicted octanol–water partition coefficient (Wildman–Crippen LogP) is 4.69. The van der Waals surface area contributed by atoms with E-state index in [0.717, 1.165) is 35.6 Å². The van der Waals surface area contributed by atoms with Crippen molar-refractivity contribution in [3.8, 4) is 11.5 Å². The first-order valence-electron chi connectivity index (χ1n) is 10.3. The van der Waals surface area contributed by atoms with Gasteiger partial charge in [0, 0.05) is 18.7 Å². The summed E-state index contributed by atoms with van der Waals surface area (Å²) in [5.74, 6) is 1.41. The van der Waals surface area contributed by atoms with Crippen molar-refractivity contribution in [1.82, 2.24) is 9.88 Å². The summed E-state index contributed by atoms with van der Waals surface area (Å²) >= 11 is 1.51. The molecule has 0 aliphatic carbocycles. The Labute approximate surface area is 182 Å². The largest absolute Gasteiger partial charge is 0.494 e. The number of likely N-dealkylation sites (N-methyl/N-ethyl adjacent to an activating group) is 1. The van der Waals surface area contributed by atoms with Gasteiger partial charge in [0.15, 0.2) is 5.13 Å². The van der Waals surface area contributed by atoms with Crippen molar-refractivity contribution in [2.75, 3.05) is 44.8 Å². The van der Waals surface area contributed by atoms with Gasteiger partial charge in [-0.2, -0.15) is 0 Å². The molecule has 0 spiro atoms. The zero-order valence-electron chi connectivity index (χ0n) is 18.1. The van der Waals surface area contributed by atoms with E-state index in [1.165, 1.54) is 11.3 Å². The van der Waals surface area contributed by atoms with Crippen LogP contribution in [0.3, 0.4) is 0 Å². The Morgan fingerprint density at radius 1 is 1.03 bits per heavy atom. The molecule has 0 unspecified atom stereocenters. The third-order valence-electron chi connectivity index (χ3n) is 5.01. The third kappa shape index (κ3) is 4.91. The van der Waals surface area contributed by atoms with Crippen molar-refractivity contribution in [3.63, 3.8) is 0 Å². The first kappa shape index (κ1) is 22.1. The van der Waals surface area contributed by atoms with E-state index < -0.39 is 0 Å². The summed E-state index contributed by atoms with van der Waals surface area (Å²) in [6.45, 7) is 10.0. The summed E-state index contributed by atoms with van der Waals surface area (Å²) in [4.78, 5) is 22.3. The Morgan fingerprint density at radius 2 is 1.77 bits per heavy atom. The second-order valence-electron chi connectivity index (χ2n) is 6.74. The molecule has 1 heterocycles.